The molecule has 0 saturated carbocycles. The van der Waals surface area contributed by atoms with Crippen LogP contribution in [0.5, 0.6) is 5.75 Å². The van der Waals surface area contributed by atoms with Crippen molar-refractivity contribution in [3.63, 3.8) is 0 Å². The number of methoxy groups -OCH3 is 1. The fourth-order valence-corrected chi connectivity index (χ4v) is 1.49. The molecule has 4 nitrogen and oxygen atoms in total. The first-order valence-electron chi connectivity index (χ1n) is 6.04. The largest absolute Gasteiger partial charge is 0.492 e. The van der Waals surface area contributed by atoms with Gasteiger partial charge in [0.05, 0.1) is 12.8 Å². The molecule has 0 bridgehead atoms. The van der Waals surface area contributed by atoms with Gasteiger partial charge in [0.25, 0.3) is 0 Å². The minimum absolute atomic E-state index is 0.142. The lowest BCUT2D eigenvalue weighted by Gasteiger charge is -2.07. The molecule has 0 aliphatic rings. The summed E-state index contributed by atoms with van der Waals surface area (Å²) in [6, 6.07) is 4.05. The van der Waals surface area contributed by atoms with Gasteiger partial charge in [-0.3, -0.25) is 4.98 Å². The van der Waals surface area contributed by atoms with Crippen LogP contribution in [0.25, 0.3) is 0 Å². The summed E-state index contributed by atoms with van der Waals surface area (Å²) in [7, 11) is 1.71. The molecule has 1 aromatic heterocycles. The third-order valence-corrected chi connectivity index (χ3v) is 2.34. The summed E-state index contributed by atoms with van der Waals surface area (Å²) in [5, 5.41) is 0. The van der Waals surface area contributed by atoms with Crippen molar-refractivity contribution >= 4 is 0 Å². The molecule has 0 aromatic carbocycles. The van der Waals surface area contributed by atoms with Crippen molar-refractivity contribution in [3.8, 4) is 5.75 Å². The summed E-state index contributed by atoms with van der Waals surface area (Å²) in [4.78, 5) is 4.30. The third kappa shape index (κ3) is 6.24. The second kappa shape index (κ2) is 8.03. The molecule has 1 aromatic rings. The van der Waals surface area contributed by atoms with E-state index in [0.29, 0.717) is 6.61 Å². The number of pyridine rings is 1. The van der Waals surface area contributed by atoms with E-state index in [-0.39, 0.29) is 6.04 Å². The average Bonchev–Trinajstić information content (AvgIpc) is 2.30. The van der Waals surface area contributed by atoms with Crippen LogP contribution in [0.2, 0.25) is 0 Å². The molecule has 0 aliphatic carbocycles. The summed E-state index contributed by atoms with van der Waals surface area (Å²) in [5.74, 6) is 0.816. The lowest BCUT2D eigenvalue weighted by Crippen LogP contribution is -2.18. The standard InChI is InChI=1S/C13H22N2O2/c1-11(14)9-12-5-6-13(10-15-12)17-8-4-3-7-16-2/h5-6,10-11H,3-4,7-9,14H2,1-2H3. The van der Waals surface area contributed by atoms with Crippen molar-refractivity contribution in [1.82, 2.24) is 4.98 Å². The zero-order chi connectivity index (χ0) is 12.5. The molecule has 1 unspecified atom stereocenters. The summed E-state index contributed by atoms with van der Waals surface area (Å²) in [5.41, 5.74) is 6.71. The lowest BCUT2D eigenvalue weighted by molar-refractivity contribution is 0.184. The van der Waals surface area contributed by atoms with E-state index >= 15 is 0 Å². The van der Waals surface area contributed by atoms with Crippen molar-refractivity contribution < 1.29 is 9.47 Å². The summed E-state index contributed by atoms with van der Waals surface area (Å²) < 4.78 is 10.5. The fraction of sp³-hybridized carbons (Fsp3) is 0.615. The Balaban J connectivity index is 2.25. The van der Waals surface area contributed by atoms with Gasteiger partial charge in [0.2, 0.25) is 0 Å². The monoisotopic (exact) mass is 238 g/mol. The van der Waals surface area contributed by atoms with Crippen LogP contribution >= 0.6 is 0 Å². The second-order valence-corrected chi connectivity index (χ2v) is 4.22. The molecule has 4 heteroatoms. The predicted molar refractivity (Wildman–Crippen MR) is 68.2 cm³/mol. The number of nitrogens with two attached hydrogens (primary N) is 1. The van der Waals surface area contributed by atoms with Crippen LogP contribution in [0.4, 0.5) is 0 Å². The van der Waals surface area contributed by atoms with E-state index in [0.717, 1.165) is 37.3 Å². The van der Waals surface area contributed by atoms with E-state index in [1.807, 2.05) is 19.1 Å². The van der Waals surface area contributed by atoms with E-state index in [1.165, 1.54) is 0 Å². The van der Waals surface area contributed by atoms with E-state index < -0.39 is 0 Å². The smallest absolute Gasteiger partial charge is 0.137 e. The van der Waals surface area contributed by atoms with Gasteiger partial charge in [-0.15, -0.1) is 0 Å². The molecule has 1 rings (SSSR count). The van der Waals surface area contributed by atoms with Gasteiger partial charge < -0.3 is 15.2 Å². The van der Waals surface area contributed by atoms with E-state index in [2.05, 4.69) is 4.98 Å². The van der Waals surface area contributed by atoms with Crippen molar-refractivity contribution in [2.45, 2.75) is 32.2 Å². The molecule has 2 N–H and O–H groups in total. The van der Waals surface area contributed by atoms with Gasteiger partial charge in [-0.05, 0) is 31.9 Å². The maximum atomic E-state index is 5.71. The van der Waals surface area contributed by atoms with E-state index in [4.69, 9.17) is 15.2 Å². The van der Waals surface area contributed by atoms with Gasteiger partial charge in [0, 0.05) is 31.9 Å². The highest BCUT2D eigenvalue weighted by atomic mass is 16.5. The van der Waals surface area contributed by atoms with E-state index in [9.17, 15) is 0 Å². The minimum atomic E-state index is 0.142. The topological polar surface area (TPSA) is 57.4 Å². The van der Waals surface area contributed by atoms with Gasteiger partial charge in [-0.2, -0.15) is 0 Å². The second-order valence-electron chi connectivity index (χ2n) is 4.22. The maximum absolute atomic E-state index is 5.71. The number of hydrogen-bond donors (Lipinski definition) is 1. The van der Waals surface area contributed by atoms with E-state index in [1.54, 1.807) is 13.3 Å². The number of ether oxygens (including phenoxy) is 2. The Morgan fingerprint density at radius 3 is 2.65 bits per heavy atom. The SMILES string of the molecule is COCCCCOc1ccc(CC(C)N)nc1. The van der Waals surface area contributed by atoms with Crippen LogP contribution in [0.3, 0.4) is 0 Å². The highest BCUT2D eigenvalue weighted by Gasteiger charge is 2.00. The lowest BCUT2D eigenvalue weighted by atomic mass is 10.2. The summed E-state index contributed by atoms with van der Waals surface area (Å²) in [6.07, 6.45) is 4.57. The minimum Gasteiger partial charge on any atom is -0.492 e. The molecule has 0 fully saturated rings. The van der Waals surface area contributed by atoms with Crippen molar-refractivity contribution in [3.05, 3.63) is 24.0 Å². The fourth-order valence-electron chi connectivity index (χ4n) is 1.49. The van der Waals surface area contributed by atoms with Crippen LogP contribution in [0, 0.1) is 0 Å². The molecular formula is C13H22N2O2. The Morgan fingerprint density at radius 2 is 2.06 bits per heavy atom. The molecule has 1 atom stereocenters. The van der Waals surface area contributed by atoms with Crippen molar-refractivity contribution in [2.24, 2.45) is 5.73 Å². The molecule has 0 spiro atoms. The Hall–Kier alpha value is -1.13. The Kier molecular flexibility index (Phi) is 6.58. The van der Waals surface area contributed by atoms with Crippen molar-refractivity contribution in [1.29, 1.82) is 0 Å². The van der Waals surface area contributed by atoms with Crippen LogP contribution in [-0.4, -0.2) is 31.3 Å². The summed E-state index contributed by atoms with van der Waals surface area (Å²) >= 11 is 0. The quantitative estimate of drug-likeness (QED) is 0.701. The molecule has 1 heterocycles. The zero-order valence-corrected chi connectivity index (χ0v) is 10.7. The number of unbranched alkanes of at least 4 members (excludes halogenated alkanes) is 1. The first-order chi connectivity index (χ1) is 8.22. The molecule has 0 amide bonds. The zero-order valence-electron chi connectivity index (χ0n) is 10.7. The molecular weight excluding hydrogens is 216 g/mol. The van der Waals surface area contributed by atoms with Crippen molar-refractivity contribution in [2.75, 3.05) is 20.3 Å². The van der Waals surface area contributed by atoms with Gasteiger partial charge >= 0.3 is 0 Å². The first-order valence-corrected chi connectivity index (χ1v) is 6.04. The Bertz CT molecular complexity index is 299. The predicted octanol–water partition coefficient (Wildman–Crippen LogP) is 1.78. The molecule has 0 aliphatic heterocycles. The van der Waals surface area contributed by atoms with Crippen LogP contribution in [0.15, 0.2) is 18.3 Å². The maximum Gasteiger partial charge on any atom is 0.137 e. The highest BCUT2D eigenvalue weighted by molar-refractivity contribution is 5.20. The number of aromatic nitrogens is 1. The number of nitrogens with zero attached hydrogens (tertiary/aromatic N) is 1. The van der Waals surface area contributed by atoms with Crippen LogP contribution in [-0.2, 0) is 11.2 Å². The van der Waals surface area contributed by atoms with Crippen LogP contribution < -0.4 is 10.5 Å². The molecule has 96 valence electrons. The normalized spacial score (nSPS) is 12.4. The Labute approximate surface area is 103 Å². The third-order valence-electron chi connectivity index (χ3n) is 2.34. The van der Waals surface area contributed by atoms with Gasteiger partial charge in [0.15, 0.2) is 0 Å². The first kappa shape index (κ1) is 13.9. The molecule has 0 saturated heterocycles. The average molecular weight is 238 g/mol. The Morgan fingerprint density at radius 1 is 1.29 bits per heavy atom. The van der Waals surface area contributed by atoms with Crippen LogP contribution in [0.1, 0.15) is 25.5 Å². The molecule has 0 radical (unpaired) electrons. The van der Waals surface area contributed by atoms with Gasteiger partial charge in [-0.25, -0.2) is 0 Å². The summed E-state index contributed by atoms with van der Waals surface area (Å²) in [6.45, 7) is 3.47. The number of hydrogen-bond acceptors (Lipinski definition) is 4. The van der Waals surface area contributed by atoms with Gasteiger partial charge in [0.1, 0.15) is 5.75 Å². The van der Waals surface area contributed by atoms with Gasteiger partial charge in [-0.1, -0.05) is 0 Å². The highest BCUT2D eigenvalue weighted by Crippen LogP contribution is 2.10. The molecule has 17 heavy (non-hydrogen) atoms. The number of rotatable bonds is 8.